The number of hydrogen-bond acceptors (Lipinski definition) is 3. The van der Waals surface area contributed by atoms with Crippen LogP contribution in [0.15, 0.2) is 24.3 Å². The molecule has 1 saturated carbocycles. The second-order valence-corrected chi connectivity index (χ2v) is 7.54. The van der Waals surface area contributed by atoms with E-state index in [9.17, 15) is 4.79 Å². The molecule has 0 bridgehead atoms. The topological polar surface area (TPSA) is 44.4 Å². The van der Waals surface area contributed by atoms with Crippen molar-refractivity contribution < 1.29 is 4.79 Å². The molecule has 0 spiro atoms. The lowest BCUT2D eigenvalue weighted by molar-refractivity contribution is -0.122. The molecule has 4 nitrogen and oxygen atoms in total. The Labute approximate surface area is 149 Å². The van der Waals surface area contributed by atoms with E-state index in [-0.39, 0.29) is 5.91 Å². The van der Waals surface area contributed by atoms with Crippen molar-refractivity contribution in [3.8, 4) is 0 Å². The largest absolute Gasteiger partial charge is 0.351 e. The molecule has 2 fully saturated rings. The highest BCUT2D eigenvalue weighted by Gasteiger charge is 2.24. The monoisotopic (exact) mass is 349 g/mol. The molecule has 1 aromatic carbocycles. The summed E-state index contributed by atoms with van der Waals surface area (Å²) in [6.07, 6.45) is 7.75. The SMILES string of the molecule is O=C(CN1CCC(NC2CCCC2)CC1)NCc1ccc(Cl)cc1. The van der Waals surface area contributed by atoms with Crippen LogP contribution in [0.3, 0.4) is 0 Å². The number of piperidine rings is 1. The number of carbonyl (C=O) groups excluding carboxylic acids is 1. The van der Waals surface area contributed by atoms with E-state index in [1.54, 1.807) is 0 Å². The zero-order valence-corrected chi connectivity index (χ0v) is 15.0. The van der Waals surface area contributed by atoms with Gasteiger partial charge in [0.1, 0.15) is 0 Å². The second kappa shape index (κ2) is 8.84. The van der Waals surface area contributed by atoms with E-state index in [0.29, 0.717) is 19.1 Å². The van der Waals surface area contributed by atoms with Crippen LogP contribution >= 0.6 is 11.6 Å². The molecule has 3 rings (SSSR count). The average molecular weight is 350 g/mol. The number of amides is 1. The fraction of sp³-hybridized carbons (Fsp3) is 0.632. The van der Waals surface area contributed by atoms with Gasteiger partial charge in [-0.05, 0) is 43.4 Å². The van der Waals surface area contributed by atoms with E-state index < -0.39 is 0 Å². The number of likely N-dealkylation sites (tertiary alicyclic amines) is 1. The maximum atomic E-state index is 12.1. The number of halogens is 1. The van der Waals surface area contributed by atoms with Crippen LogP contribution in [-0.4, -0.2) is 42.5 Å². The minimum absolute atomic E-state index is 0.104. The highest BCUT2D eigenvalue weighted by Crippen LogP contribution is 2.20. The Hall–Kier alpha value is -1.10. The van der Waals surface area contributed by atoms with E-state index in [1.165, 1.54) is 25.7 Å². The molecule has 2 aliphatic rings. The third-order valence-corrected chi connectivity index (χ3v) is 5.44. The van der Waals surface area contributed by atoms with Crippen molar-refractivity contribution in [2.24, 2.45) is 0 Å². The van der Waals surface area contributed by atoms with E-state index in [2.05, 4.69) is 15.5 Å². The van der Waals surface area contributed by atoms with Crippen LogP contribution < -0.4 is 10.6 Å². The summed E-state index contributed by atoms with van der Waals surface area (Å²) in [5.41, 5.74) is 1.08. The Morgan fingerprint density at radius 2 is 1.67 bits per heavy atom. The minimum Gasteiger partial charge on any atom is -0.351 e. The third-order valence-electron chi connectivity index (χ3n) is 5.18. The van der Waals surface area contributed by atoms with Crippen molar-refractivity contribution >= 4 is 17.5 Å². The smallest absolute Gasteiger partial charge is 0.234 e. The van der Waals surface area contributed by atoms with Gasteiger partial charge in [0.25, 0.3) is 0 Å². The summed E-state index contributed by atoms with van der Waals surface area (Å²) in [6.45, 7) is 3.09. The van der Waals surface area contributed by atoms with Gasteiger partial charge in [-0.3, -0.25) is 9.69 Å². The number of rotatable bonds is 6. The molecule has 1 aromatic rings. The Morgan fingerprint density at radius 3 is 2.33 bits per heavy atom. The third kappa shape index (κ3) is 5.47. The molecule has 1 aliphatic carbocycles. The summed E-state index contributed by atoms with van der Waals surface area (Å²) in [5.74, 6) is 0.104. The van der Waals surface area contributed by atoms with Gasteiger partial charge >= 0.3 is 0 Å². The van der Waals surface area contributed by atoms with E-state index in [0.717, 1.165) is 42.6 Å². The first-order valence-electron chi connectivity index (χ1n) is 9.18. The molecule has 1 saturated heterocycles. The molecule has 0 atom stereocenters. The number of nitrogens with zero attached hydrogens (tertiary/aromatic N) is 1. The minimum atomic E-state index is 0.104. The lowest BCUT2D eigenvalue weighted by atomic mass is 10.0. The van der Waals surface area contributed by atoms with Crippen LogP contribution in [0, 0.1) is 0 Å². The Kier molecular flexibility index (Phi) is 6.52. The quantitative estimate of drug-likeness (QED) is 0.830. The van der Waals surface area contributed by atoms with Gasteiger partial charge in [-0.25, -0.2) is 0 Å². The van der Waals surface area contributed by atoms with Crippen molar-refractivity contribution in [2.45, 2.75) is 57.2 Å². The zero-order valence-electron chi connectivity index (χ0n) is 14.3. The molecule has 1 aliphatic heterocycles. The lowest BCUT2D eigenvalue weighted by Crippen LogP contribution is -2.47. The maximum absolute atomic E-state index is 12.1. The molecule has 0 radical (unpaired) electrons. The van der Waals surface area contributed by atoms with Crippen molar-refractivity contribution in [3.63, 3.8) is 0 Å². The average Bonchev–Trinajstić information content (AvgIpc) is 3.09. The molecule has 24 heavy (non-hydrogen) atoms. The van der Waals surface area contributed by atoms with E-state index in [1.807, 2.05) is 24.3 Å². The highest BCUT2D eigenvalue weighted by molar-refractivity contribution is 6.30. The van der Waals surface area contributed by atoms with Gasteiger partial charge in [-0.2, -0.15) is 0 Å². The normalized spacial score (nSPS) is 20.4. The number of benzene rings is 1. The lowest BCUT2D eigenvalue weighted by Gasteiger charge is -2.33. The molecular weight excluding hydrogens is 322 g/mol. The Balaban J connectivity index is 1.33. The van der Waals surface area contributed by atoms with Crippen molar-refractivity contribution in [2.75, 3.05) is 19.6 Å². The molecule has 132 valence electrons. The second-order valence-electron chi connectivity index (χ2n) is 7.10. The molecule has 0 unspecified atom stereocenters. The van der Waals surface area contributed by atoms with Crippen LogP contribution in [0.4, 0.5) is 0 Å². The number of nitrogens with one attached hydrogen (secondary N) is 2. The van der Waals surface area contributed by atoms with Gasteiger partial charge in [0.2, 0.25) is 5.91 Å². The highest BCUT2D eigenvalue weighted by atomic mass is 35.5. The van der Waals surface area contributed by atoms with Crippen LogP contribution in [0.5, 0.6) is 0 Å². The molecular formula is C19H28ClN3O. The van der Waals surface area contributed by atoms with Crippen molar-refractivity contribution in [3.05, 3.63) is 34.9 Å². The summed E-state index contributed by atoms with van der Waals surface area (Å²) >= 11 is 5.87. The Morgan fingerprint density at radius 1 is 1.04 bits per heavy atom. The van der Waals surface area contributed by atoms with Crippen LogP contribution in [0.1, 0.15) is 44.1 Å². The van der Waals surface area contributed by atoms with Gasteiger partial charge in [0.15, 0.2) is 0 Å². The predicted molar refractivity (Wildman–Crippen MR) is 98.2 cm³/mol. The summed E-state index contributed by atoms with van der Waals surface area (Å²) in [7, 11) is 0. The van der Waals surface area contributed by atoms with Crippen LogP contribution in [-0.2, 0) is 11.3 Å². The maximum Gasteiger partial charge on any atom is 0.234 e. The van der Waals surface area contributed by atoms with Crippen LogP contribution in [0.25, 0.3) is 0 Å². The first-order valence-corrected chi connectivity index (χ1v) is 9.56. The van der Waals surface area contributed by atoms with Gasteiger partial charge < -0.3 is 10.6 Å². The van der Waals surface area contributed by atoms with Crippen molar-refractivity contribution in [1.29, 1.82) is 0 Å². The fourth-order valence-corrected chi connectivity index (χ4v) is 3.87. The van der Waals surface area contributed by atoms with Gasteiger partial charge in [-0.15, -0.1) is 0 Å². The molecule has 1 amide bonds. The van der Waals surface area contributed by atoms with E-state index in [4.69, 9.17) is 11.6 Å². The number of hydrogen-bond donors (Lipinski definition) is 2. The van der Waals surface area contributed by atoms with Crippen molar-refractivity contribution in [1.82, 2.24) is 15.5 Å². The molecule has 0 aromatic heterocycles. The number of carbonyl (C=O) groups is 1. The van der Waals surface area contributed by atoms with Gasteiger partial charge in [0.05, 0.1) is 6.54 Å². The standard InChI is InChI=1S/C19H28ClN3O/c20-16-7-5-15(6-8-16)13-21-19(24)14-23-11-9-18(10-12-23)22-17-3-1-2-4-17/h5-8,17-18,22H,1-4,9-14H2,(H,21,24). The molecule has 1 heterocycles. The Bertz CT molecular complexity index is 520. The van der Waals surface area contributed by atoms with Crippen LogP contribution in [0.2, 0.25) is 5.02 Å². The van der Waals surface area contributed by atoms with E-state index >= 15 is 0 Å². The first-order chi connectivity index (χ1) is 11.7. The summed E-state index contributed by atoms with van der Waals surface area (Å²) in [4.78, 5) is 14.4. The van der Waals surface area contributed by atoms with Gasteiger partial charge in [-0.1, -0.05) is 36.6 Å². The zero-order chi connectivity index (χ0) is 16.8. The summed E-state index contributed by atoms with van der Waals surface area (Å²) in [6, 6.07) is 8.98. The molecule has 2 N–H and O–H groups in total. The first kappa shape index (κ1) is 17.7. The van der Waals surface area contributed by atoms with Gasteiger partial charge in [0, 0.05) is 36.7 Å². The summed E-state index contributed by atoms with van der Waals surface area (Å²) in [5, 5.41) is 7.52. The predicted octanol–water partition coefficient (Wildman–Crippen LogP) is 2.95. The molecule has 5 heteroatoms. The summed E-state index contributed by atoms with van der Waals surface area (Å²) < 4.78 is 0. The fourth-order valence-electron chi connectivity index (χ4n) is 3.75.